The SMILES string of the molecule is Cc1cnc(C(F)(F)F)cc1CO. The molecule has 1 rings (SSSR count). The molecule has 1 aromatic rings. The number of nitrogens with zero attached hydrogens (tertiary/aromatic N) is 1. The quantitative estimate of drug-likeness (QED) is 0.735. The first kappa shape index (κ1) is 9.98. The first-order valence-electron chi connectivity index (χ1n) is 3.58. The van der Waals surface area contributed by atoms with Crippen LogP contribution in [0.2, 0.25) is 0 Å². The molecule has 1 heterocycles. The number of halogens is 3. The highest BCUT2D eigenvalue weighted by atomic mass is 19.4. The summed E-state index contributed by atoms with van der Waals surface area (Å²) in [7, 11) is 0. The summed E-state index contributed by atoms with van der Waals surface area (Å²) in [5.41, 5.74) is -0.167. The Morgan fingerprint density at radius 1 is 1.46 bits per heavy atom. The maximum atomic E-state index is 12.1. The van der Waals surface area contributed by atoms with Crippen molar-refractivity contribution in [3.8, 4) is 0 Å². The summed E-state index contributed by atoms with van der Waals surface area (Å²) in [5.74, 6) is 0. The van der Waals surface area contributed by atoms with Crippen molar-refractivity contribution in [2.75, 3.05) is 0 Å². The monoisotopic (exact) mass is 191 g/mol. The highest BCUT2D eigenvalue weighted by molar-refractivity contribution is 5.25. The Morgan fingerprint density at radius 3 is 2.54 bits per heavy atom. The molecule has 0 aromatic carbocycles. The fraction of sp³-hybridized carbons (Fsp3) is 0.375. The van der Waals surface area contributed by atoms with E-state index in [1.807, 2.05) is 0 Å². The fourth-order valence-corrected chi connectivity index (χ4v) is 0.891. The van der Waals surface area contributed by atoms with E-state index in [0.29, 0.717) is 5.56 Å². The summed E-state index contributed by atoms with van der Waals surface area (Å²) in [5, 5.41) is 8.71. The molecule has 72 valence electrons. The van der Waals surface area contributed by atoms with Gasteiger partial charge in [-0.15, -0.1) is 0 Å². The molecule has 0 radical (unpaired) electrons. The van der Waals surface area contributed by atoms with E-state index in [1.165, 1.54) is 0 Å². The van der Waals surface area contributed by atoms with Crippen LogP contribution in [0, 0.1) is 6.92 Å². The number of hydrogen-bond donors (Lipinski definition) is 1. The maximum Gasteiger partial charge on any atom is 0.433 e. The Balaban J connectivity index is 3.14. The van der Waals surface area contributed by atoms with Crippen molar-refractivity contribution >= 4 is 0 Å². The van der Waals surface area contributed by atoms with E-state index in [0.717, 1.165) is 12.3 Å². The fourth-order valence-electron chi connectivity index (χ4n) is 0.891. The van der Waals surface area contributed by atoms with Gasteiger partial charge in [0, 0.05) is 6.20 Å². The summed E-state index contributed by atoms with van der Waals surface area (Å²) in [6.07, 6.45) is -3.34. The van der Waals surface area contributed by atoms with Crippen LogP contribution >= 0.6 is 0 Å². The first-order chi connectivity index (χ1) is 5.95. The molecule has 0 amide bonds. The molecule has 0 fully saturated rings. The zero-order valence-corrected chi connectivity index (χ0v) is 6.89. The van der Waals surface area contributed by atoms with Gasteiger partial charge in [-0.25, -0.2) is 0 Å². The Morgan fingerprint density at radius 2 is 2.08 bits per heavy atom. The molecule has 2 nitrogen and oxygen atoms in total. The molecule has 0 saturated carbocycles. The molecule has 0 aliphatic heterocycles. The molecular formula is C8H8F3NO. The van der Waals surface area contributed by atoms with Crippen molar-refractivity contribution in [2.24, 2.45) is 0 Å². The van der Waals surface area contributed by atoms with E-state index < -0.39 is 18.5 Å². The normalized spacial score (nSPS) is 11.8. The number of hydrogen-bond acceptors (Lipinski definition) is 2. The first-order valence-corrected chi connectivity index (χ1v) is 3.58. The second-order valence-electron chi connectivity index (χ2n) is 2.65. The molecule has 0 bridgehead atoms. The molecule has 13 heavy (non-hydrogen) atoms. The molecular weight excluding hydrogens is 183 g/mol. The third kappa shape index (κ3) is 2.18. The average molecular weight is 191 g/mol. The third-order valence-corrected chi connectivity index (χ3v) is 1.68. The lowest BCUT2D eigenvalue weighted by Crippen LogP contribution is -2.09. The van der Waals surface area contributed by atoms with Crippen LogP contribution in [0.5, 0.6) is 0 Å². The Bertz CT molecular complexity index is 309. The summed E-state index contributed by atoms with van der Waals surface area (Å²) < 4.78 is 36.3. The van der Waals surface area contributed by atoms with Crippen LogP contribution in [0.25, 0.3) is 0 Å². The molecule has 0 atom stereocenters. The van der Waals surface area contributed by atoms with E-state index in [-0.39, 0.29) is 5.56 Å². The van der Waals surface area contributed by atoms with Crippen LogP contribution in [0.1, 0.15) is 16.8 Å². The van der Waals surface area contributed by atoms with Crippen molar-refractivity contribution in [2.45, 2.75) is 19.7 Å². The zero-order valence-electron chi connectivity index (χ0n) is 6.89. The third-order valence-electron chi connectivity index (χ3n) is 1.68. The van der Waals surface area contributed by atoms with Gasteiger partial charge in [-0.1, -0.05) is 0 Å². The van der Waals surface area contributed by atoms with Crippen molar-refractivity contribution in [1.82, 2.24) is 4.98 Å². The molecule has 0 saturated heterocycles. The summed E-state index contributed by atoms with van der Waals surface area (Å²) in [6, 6.07) is 0.856. The van der Waals surface area contributed by atoms with E-state index in [1.54, 1.807) is 6.92 Å². The van der Waals surface area contributed by atoms with Crippen LogP contribution in [-0.2, 0) is 12.8 Å². The lowest BCUT2D eigenvalue weighted by molar-refractivity contribution is -0.141. The highest BCUT2D eigenvalue weighted by Gasteiger charge is 2.32. The summed E-state index contributed by atoms with van der Waals surface area (Å²) in [6.45, 7) is 1.19. The minimum absolute atomic E-state index is 0.252. The van der Waals surface area contributed by atoms with Gasteiger partial charge in [0.15, 0.2) is 0 Å². The van der Waals surface area contributed by atoms with Gasteiger partial charge in [-0.2, -0.15) is 13.2 Å². The van der Waals surface area contributed by atoms with Gasteiger partial charge >= 0.3 is 6.18 Å². The predicted octanol–water partition coefficient (Wildman–Crippen LogP) is 1.90. The van der Waals surface area contributed by atoms with Gasteiger partial charge in [-0.05, 0) is 24.1 Å². The molecule has 0 unspecified atom stereocenters. The number of rotatable bonds is 1. The minimum atomic E-state index is -4.45. The predicted molar refractivity (Wildman–Crippen MR) is 39.9 cm³/mol. The minimum Gasteiger partial charge on any atom is -0.392 e. The molecule has 1 N–H and O–H groups in total. The smallest absolute Gasteiger partial charge is 0.392 e. The molecule has 1 aromatic heterocycles. The number of aliphatic hydroxyl groups is 1. The second-order valence-corrected chi connectivity index (χ2v) is 2.65. The van der Waals surface area contributed by atoms with Crippen molar-refractivity contribution in [1.29, 1.82) is 0 Å². The van der Waals surface area contributed by atoms with Crippen LogP contribution in [0.3, 0.4) is 0 Å². The average Bonchev–Trinajstić information content (AvgIpc) is 2.03. The van der Waals surface area contributed by atoms with Crippen LogP contribution in [0.15, 0.2) is 12.3 Å². The largest absolute Gasteiger partial charge is 0.433 e. The van der Waals surface area contributed by atoms with Gasteiger partial charge in [0.05, 0.1) is 6.61 Å². The Labute approximate surface area is 73.0 Å². The lowest BCUT2D eigenvalue weighted by Gasteiger charge is -2.08. The number of aliphatic hydroxyl groups excluding tert-OH is 1. The summed E-state index contributed by atoms with van der Waals surface area (Å²) >= 11 is 0. The number of aryl methyl sites for hydroxylation is 1. The number of alkyl halides is 3. The van der Waals surface area contributed by atoms with Crippen molar-refractivity contribution < 1.29 is 18.3 Å². The molecule has 0 aliphatic rings. The molecule has 0 aliphatic carbocycles. The van der Waals surface area contributed by atoms with E-state index in [2.05, 4.69) is 4.98 Å². The van der Waals surface area contributed by atoms with Crippen LogP contribution in [-0.4, -0.2) is 10.1 Å². The van der Waals surface area contributed by atoms with E-state index in [9.17, 15) is 13.2 Å². The molecule has 0 spiro atoms. The number of pyridine rings is 1. The van der Waals surface area contributed by atoms with Gasteiger partial charge in [0.25, 0.3) is 0 Å². The standard InChI is InChI=1S/C8H8F3NO/c1-5-3-12-7(8(9,10)11)2-6(5)4-13/h2-3,13H,4H2,1H3. The van der Waals surface area contributed by atoms with Crippen LogP contribution < -0.4 is 0 Å². The maximum absolute atomic E-state index is 12.1. The number of aromatic nitrogens is 1. The summed E-state index contributed by atoms with van der Waals surface area (Å²) in [4.78, 5) is 3.22. The van der Waals surface area contributed by atoms with Gasteiger partial charge in [-0.3, -0.25) is 4.98 Å². The highest BCUT2D eigenvalue weighted by Crippen LogP contribution is 2.28. The van der Waals surface area contributed by atoms with Gasteiger partial charge in [0.1, 0.15) is 5.69 Å². The van der Waals surface area contributed by atoms with Gasteiger partial charge < -0.3 is 5.11 Å². The Kier molecular flexibility index (Phi) is 2.56. The zero-order chi connectivity index (χ0) is 10.1. The van der Waals surface area contributed by atoms with Crippen molar-refractivity contribution in [3.05, 3.63) is 29.1 Å². The van der Waals surface area contributed by atoms with E-state index in [4.69, 9.17) is 5.11 Å². The van der Waals surface area contributed by atoms with Gasteiger partial charge in [0.2, 0.25) is 0 Å². The van der Waals surface area contributed by atoms with Crippen LogP contribution in [0.4, 0.5) is 13.2 Å². The second kappa shape index (κ2) is 3.33. The van der Waals surface area contributed by atoms with E-state index >= 15 is 0 Å². The topological polar surface area (TPSA) is 33.1 Å². The van der Waals surface area contributed by atoms with Crippen molar-refractivity contribution in [3.63, 3.8) is 0 Å². The lowest BCUT2D eigenvalue weighted by atomic mass is 10.1. The Hall–Kier alpha value is -1.10. The molecule has 5 heteroatoms.